The Labute approximate surface area is 282 Å². The van der Waals surface area contributed by atoms with Crippen LogP contribution < -0.4 is 20.7 Å². The Morgan fingerprint density at radius 3 is 2.31 bits per heavy atom. The van der Waals surface area contributed by atoms with Gasteiger partial charge in [-0.2, -0.15) is 0 Å². The Morgan fingerprint density at radius 2 is 1.71 bits per heavy atom. The number of rotatable bonds is 11. The molecular weight excluding hydrogens is 656 g/mol. The summed E-state index contributed by atoms with van der Waals surface area (Å²) in [6, 6.07) is 14.9. The van der Waals surface area contributed by atoms with Crippen LogP contribution in [0.5, 0.6) is 5.75 Å². The van der Waals surface area contributed by atoms with Crippen molar-refractivity contribution in [3.8, 4) is 16.9 Å². The number of methoxy groups -OCH3 is 1. The van der Waals surface area contributed by atoms with Crippen molar-refractivity contribution in [2.75, 3.05) is 26.5 Å². The number of carbonyl (C=O) groups is 3. The van der Waals surface area contributed by atoms with Gasteiger partial charge in [0.2, 0.25) is 20.7 Å². The molecule has 2 aliphatic rings. The zero-order chi connectivity index (χ0) is 35.1. The molecule has 0 spiro atoms. The molecule has 2 aliphatic carbocycles. The minimum atomic E-state index is -4.28. The van der Waals surface area contributed by atoms with E-state index in [-0.39, 0.29) is 33.9 Å². The van der Waals surface area contributed by atoms with Gasteiger partial charge in [-0.3, -0.25) is 19.3 Å². The largest absolute Gasteiger partial charge is 0.496 e. The maximum atomic E-state index is 14.5. The number of halogens is 1. The lowest BCUT2D eigenvalue weighted by molar-refractivity contribution is -0.142. The summed E-state index contributed by atoms with van der Waals surface area (Å²) in [6.45, 7) is 1.94. The highest BCUT2D eigenvalue weighted by Gasteiger charge is 2.51. The van der Waals surface area contributed by atoms with Crippen LogP contribution in [0.15, 0.2) is 65.6 Å². The molecule has 0 saturated heterocycles. The van der Waals surface area contributed by atoms with Crippen LogP contribution in [-0.4, -0.2) is 68.5 Å². The van der Waals surface area contributed by atoms with Crippen molar-refractivity contribution in [3.63, 3.8) is 0 Å². The van der Waals surface area contributed by atoms with Crippen molar-refractivity contribution in [2.45, 2.75) is 55.1 Å². The third kappa shape index (κ3) is 6.84. The van der Waals surface area contributed by atoms with E-state index < -0.39 is 44.7 Å². The standard InChI is InChI=1S/C35H41FN3O7PS/c1-35(2,36)48(44,45)24-8-6-7-23(16-24)37-33(41)29-21-13-14-22(15-21)30(29)38-32(40)26-17-25(28(47)18-27(26)46-5)19-9-11-20(12-10-19)31(34(42)43)39(3)4/h6-12,16-18,21-22,29-31H,13-15,47H2,1-5H3,(H,37,41)(H,38,40)(H,42,43)/t21-,22+,29+,30-,31+/m1/s1. The lowest BCUT2D eigenvalue weighted by Gasteiger charge is -2.31. The molecular formula is C35H41FN3O7PS. The summed E-state index contributed by atoms with van der Waals surface area (Å²) in [5, 5.41) is 13.9. The molecule has 3 N–H and O–H groups in total. The number of fused-ring (bicyclic) bond motifs is 2. The van der Waals surface area contributed by atoms with Crippen molar-refractivity contribution in [2.24, 2.45) is 17.8 Å². The van der Waals surface area contributed by atoms with Crippen LogP contribution in [0.4, 0.5) is 10.1 Å². The topological polar surface area (TPSA) is 142 Å². The molecule has 0 aromatic heterocycles. The van der Waals surface area contributed by atoms with E-state index in [1.54, 1.807) is 49.3 Å². The van der Waals surface area contributed by atoms with Gasteiger partial charge in [-0.25, -0.2) is 12.8 Å². The molecule has 13 heteroatoms. The average molecular weight is 698 g/mol. The fourth-order valence-corrected chi connectivity index (χ4v) is 8.55. The Balaban J connectivity index is 1.39. The van der Waals surface area contributed by atoms with Gasteiger partial charge in [0, 0.05) is 11.7 Å². The summed E-state index contributed by atoms with van der Waals surface area (Å²) in [5.74, 6) is -1.77. The number of benzene rings is 3. The number of alkyl halides is 1. The summed E-state index contributed by atoms with van der Waals surface area (Å²) < 4.78 is 45.4. The van der Waals surface area contributed by atoms with Crippen molar-refractivity contribution < 1.29 is 37.0 Å². The summed E-state index contributed by atoms with van der Waals surface area (Å²) in [7, 11) is 3.24. The zero-order valence-corrected chi connectivity index (χ0v) is 29.5. The molecule has 1 unspecified atom stereocenters. The number of aliphatic carboxylic acids is 1. The van der Waals surface area contributed by atoms with E-state index in [2.05, 4.69) is 19.9 Å². The Kier molecular flexibility index (Phi) is 10.0. The number of carbonyl (C=O) groups excluding carboxylic acids is 2. The molecule has 3 aromatic carbocycles. The molecule has 2 amide bonds. The number of hydrogen-bond donors (Lipinski definition) is 3. The molecule has 3 aromatic rings. The molecule has 0 radical (unpaired) electrons. The van der Waals surface area contributed by atoms with Gasteiger partial charge < -0.3 is 20.5 Å². The second-order valence-corrected chi connectivity index (χ2v) is 16.3. The Morgan fingerprint density at radius 1 is 1.04 bits per heavy atom. The van der Waals surface area contributed by atoms with Crippen LogP contribution in [0.3, 0.4) is 0 Å². The van der Waals surface area contributed by atoms with Gasteiger partial charge in [0.05, 0.1) is 23.5 Å². The first-order valence-electron chi connectivity index (χ1n) is 15.7. The molecule has 2 saturated carbocycles. The SMILES string of the molecule is COc1cc(P)c(-c2ccc([C@@H](C(=O)O)N(C)C)cc2)cc1C(=O)N[C@@H]1[C@H]2CC[C@H](C2)[C@@H]1C(=O)Nc1cccc(S(=O)(=O)C(C)(C)F)c1. The number of amides is 2. The highest BCUT2D eigenvalue weighted by atomic mass is 32.2. The van der Waals surface area contributed by atoms with Gasteiger partial charge in [-0.1, -0.05) is 30.3 Å². The fraction of sp³-hybridized carbons (Fsp3) is 0.400. The van der Waals surface area contributed by atoms with Crippen LogP contribution in [-0.2, 0) is 19.4 Å². The molecule has 2 bridgehead atoms. The van der Waals surface area contributed by atoms with Crippen LogP contribution in [0.1, 0.15) is 55.1 Å². The van der Waals surface area contributed by atoms with Crippen LogP contribution in [0.2, 0.25) is 0 Å². The maximum absolute atomic E-state index is 14.5. The minimum absolute atomic E-state index is 0.0409. The van der Waals surface area contributed by atoms with Gasteiger partial charge in [0.25, 0.3) is 5.91 Å². The number of ether oxygens (including phenoxy) is 1. The molecule has 2 fully saturated rings. The van der Waals surface area contributed by atoms with Gasteiger partial charge in [0.15, 0.2) is 0 Å². The fourth-order valence-electron chi connectivity index (χ4n) is 7.05. The predicted octanol–water partition coefficient (Wildman–Crippen LogP) is 4.81. The zero-order valence-electron chi connectivity index (χ0n) is 27.5. The number of carboxylic acids is 1. The molecule has 6 atom stereocenters. The molecule has 256 valence electrons. The number of hydrogen-bond acceptors (Lipinski definition) is 7. The number of nitrogens with zero attached hydrogens (tertiary/aromatic N) is 1. The van der Waals surface area contributed by atoms with E-state index in [4.69, 9.17) is 4.74 Å². The molecule has 0 aliphatic heterocycles. The number of likely N-dealkylation sites (N-methyl/N-ethyl adjacent to an activating group) is 1. The normalized spacial score (nSPS) is 21.2. The summed E-state index contributed by atoms with van der Waals surface area (Å²) in [4.78, 5) is 40.8. The summed E-state index contributed by atoms with van der Waals surface area (Å²) >= 11 is 0. The number of anilines is 1. The summed E-state index contributed by atoms with van der Waals surface area (Å²) in [5.41, 5.74) is 2.65. The third-order valence-electron chi connectivity index (χ3n) is 9.47. The lowest BCUT2D eigenvalue weighted by atomic mass is 9.83. The van der Waals surface area contributed by atoms with Crippen LogP contribution in [0.25, 0.3) is 11.1 Å². The quantitative estimate of drug-likeness (QED) is 0.243. The smallest absolute Gasteiger partial charge is 0.325 e. The van der Waals surface area contributed by atoms with E-state index in [1.165, 1.54) is 25.3 Å². The van der Waals surface area contributed by atoms with Gasteiger partial charge >= 0.3 is 5.97 Å². The van der Waals surface area contributed by atoms with E-state index >= 15 is 0 Å². The Hall–Kier alpha value is -3.86. The van der Waals surface area contributed by atoms with Crippen molar-refractivity contribution in [1.29, 1.82) is 0 Å². The maximum Gasteiger partial charge on any atom is 0.325 e. The van der Waals surface area contributed by atoms with E-state index in [0.29, 0.717) is 11.3 Å². The first kappa shape index (κ1) is 35.4. The molecule has 48 heavy (non-hydrogen) atoms. The second kappa shape index (κ2) is 13.6. The van der Waals surface area contributed by atoms with E-state index in [1.807, 2.05) is 12.1 Å². The highest BCUT2D eigenvalue weighted by molar-refractivity contribution is 7.92. The average Bonchev–Trinajstić information content (AvgIpc) is 3.62. The Bertz CT molecular complexity index is 1840. The first-order chi connectivity index (χ1) is 22.5. The van der Waals surface area contributed by atoms with Gasteiger partial charge in [-0.05, 0) is 111 Å². The first-order valence-corrected chi connectivity index (χ1v) is 17.7. The monoisotopic (exact) mass is 697 g/mol. The second-order valence-electron chi connectivity index (χ2n) is 13.2. The molecule has 5 rings (SSSR count). The van der Waals surface area contributed by atoms with Crippen LogP contribution in [0, 0.1) is 17.8 Å². The molecule has 10 nitrogen and oxygen atoms in total. The van der Waals surface area contributed by atoms with Gasteiger partial charge in [0.1, 0.15) is 11.8 Å². The van der Waals surface area contributed by atoms with Gasteiger partial charge in [-0.15, -0.1) is 9.24 Å². The lowest BCUT2D eigenvalue weighted by Crippen LogP contribution is -2.48. The highest BCUT2D eigenvalue weighted by Crippen LogP contribution is 2.49. The molecule has 0 heterocycles. The number of sulfone groups is 1. The van der Waals surface area contributed by atoms with Crippen molar-refractivity contribution in [1.82, 2.24) is 10.2 Å². The predicted molar refractivity (Wildman–Crippen MR) is 185 cm³/mol. The van der Waals surface area contributed by atoms with Crippen molar-refractivity contribution in [3.05, 3.63) is 71.8 Å². The van der Waals surface area contributed by atoms with Crippen LogP contribution >= 0.6 is 9.24 Å². The third-order valence-corrected chi connectivity index (χ3v) is 12.1. The van der Waals surface area contributed by atoms with E-state index in [0.717, 1.165) is 49.5 Å². The number of carboxylic acid groups (broad SMARTS) is 1. The van der Waals surface area contributed by atoms with Crippen molar-refractivity contribution >= 4 is 47.9 Å². The van der Waals surface area contributed by atoms with E-state index in [9.17, 15) is 32.3 Å². The summed E-state index contributed by atoms with van der Waals surface area (Å²) in [6.07, 6.45) is 2.47. The number of nitrogens with one attached hydrogen (secondary N) is 2. The minimum Gasteiger partial charge on any atom is -0.496 e.